The molecule has 1 aliphatic carbocycles. The highest BCUT2D eigenvalue weighted by atomic mass is 32.1. The maximum atomic E-state index is 13.7. The zero-order valence-corrected chi connectivity index (χ0v) is 22.5. The summed E-state index contributed by atoms with van der Waals surface area (Å²) < 4.78 is 6.96. The molecular weight excluding hydrogens is 498 g/mol. The molecule has 38 heavy (non-hydrogen) atoms. The van der Waals surface area contributed by atoms with Crippen LogP contribution in [0, 0.1) is 12.8 Å². The molecular formula is C30H33N3O4S. The molecule has 2 saturated heterocycles. The Morgan fingerprint density at radius 2 is 1.84 bits per heavy atom. The highest BCUT2D eigenvalue weighted by molar-refractivity contribution is 7.21. The third-order valence-corrected chi connectivity index (χ3v) is 9.14. The highest BCUT2D eigenvalue weighted by Crippen LogP contribution is 2.34. The number of hydrogen-bond donors (Lipinski definition) is 0. The fraction of sp³-hybridized carbons (Fsp3) is 0.467. The number of ether oxygens (including phenoxy) is 1. The number of thiazole rings is 1. The van der Waals surface area contributed by atoms with Crippen molar-refractivity contribution in [1.29, 1.82) is 0 Å². The number of anilines is 1. The van der Waals surface area contributed by atoms with E-state index in [1.807, 2.05) is 18.2 Å². The first-order chi connectivity index (χ1) is 18.5. The maximum absolute atomic E-state index is 13.7. The summed E-state index contributed by atoms with van der Waals surface area (Å²) in [6.45, 7) is 3.12. The van der Waals surface area contributed by atoms with Gasteiger partial charge in [-0.05, 0) is 74.6 Å². The van der Waals surface area contributed by atoms with E-state index >= 15 is 0 Å². The van der Waals surface area contributed by atoms with Gasteiger partial charge in [0.15, 0.2) is 0 Å². The zero-order chi connectivity index (χ0) is 26.2. The van der Waals surface area contributed by atoms with E-state index < -0.39 is 6.04 Å². The Morgan fingerprint density at radius 3 is 2.58 bits per heavy atom. The van der Waals surface area contributed by atoms with Gasteiger partial charge in [0.2, 0.25) is 11.8 Å². The van der Waals surface area contributed by atoms with Crippen molar-refractivity contribution < 1.29 is 19.1 Å². The number of imide groups is 1. The van der Waals surface area contributed by atoms with E-state index in [4.69, 9.17) is 9.72 Å². The number of fused-ring (bicyclic) bond motifs is 1. The fourth-order valence-corrected chi connectivity index (χ4v) is 7.07. The van der Waals surface area contributed by atoms with E-state index in [0.29, 0.717) is 18.8 Å². The second-order valence-corrected chi connectivity index (χ2v) is 11.8. The summed E-state index contributed by atoms with van der Waals surface area (Å²) in [7, 11) is 0. The Morgan fingerprint density at radius 1 is 1.05 bits per heavy atom. The highest BCUT2D eigenvalue weighted by Gasteiger charge is 2.46. The SMILES string of the molecule is Cc1ccc2nc(-c3ccc(N4C(=O)CC(N(CC5CCCO5)C(=O)C5CCCCC5)C4=O)cc3)sc2c1. The average molecular weight is 532 g/mol. The Balaban J connectivity index is 1.23. The van der Waals surface area contributed by atoms with Gasteiger partial charge in [0.25, 0.3) is 5.91 Å². The van der Waals surface area contributed by atoms with Crippen molar-refractivity contribution in [3.05, 3.63) is 48.0 Å². The Bertz CT molecular complexity index is 1360. The Hall–Kier alpha value is -3.10. The minimum absolute atomic E-state index is 0.00891. The molecule has 1 saturated carbocycles. The van der Waals surface area contributed by atoms with Gasteiger partial charge in [-0.3, -0.25) is 14.4 Å². The molecule has 2 atom stereocenters. The van der Waals surface area contributed by atoms with Crippen LogP contribution >= 0.6 is 11.3 Å². The first-order valence-corrected chi connectivity index (χ1v) is 14.6. The molecule has 3 fully saturated rings. The van der Waals surface area contributed by atoms with Gasteiger partial charge in [-0.2, -0.15) is 0 Å². The molecule has 0 spiro atoms. The van der Waals surface area contributed by atoms with Gasteiger partial charge < -0.3 is 9.64 Å². The summed E-state index contributed by atoms with van der Waals surface area (Å²) in [6.07, 6.45) is 6.71. The third kappa shape index (κ3) is 4.87. The van der Waals surface area contributed by atoms with Gasteiger partial charge in [0, 0.05) is 24.6 Å². The van der Waals surface area contributed by atoms with Crippen molar-refractivity contribution in [2.24, 2.45) is 5.92 Å². The summed E-state index contributed by atoms with van der Waals surface area (Å²) in [6, 6.07) is 12.9. The number of rotatable bonds is 6. The van der Waals surface area contributed by atoms with Crippen LogP contribution in [0.2, 0.25) is 0 Å². The molecule has 0 radical (unpaired) electrons. The van der Waals surface area contributed by atoms with Crippen LogP contribution in [-0.4, -0.2) is 52.9 Å². The fourth-order valence-electron chi connectivity index (χ4n) is 6.00. The minimum Gasteiger partial charge on any atom is -0.376 e. The lowest BCUT2D eigenvalue weighted by molar-refractivity contribution is -0.144. The number of carbonyl (C=O) groups is 3. The summed E-state index contributed by atoms with van der Waals surface area (Å²) in [5, 5.41) is 0.898. The van der Waals surface area contributed by atoms with Crippen molar-refractivity contribution >= 4 is 45.0 Å². The van der Waals surface area contributed by atoms with Crippen LogP contribution < -0.4 is 4.90 Å². The van der Waals surface area contributed by atoms with E-state index in [1.54, 1.807) is 28.4 Å². The first kappa shape index (κ1) is 25.2. The second-order valence-electron chi connectivity index (χ2n) is 10.8. The van der Waals surface area contributed by atoms with Crippen molar-refractivity contribution in [3.63, 3.8) is 0 Å². The standard InChI is InChI=1S/C30H33N3O4S/c1-19-9-14-24-26(16-19)38-28(31-24)20-10-12-22(13-11-20)33-27(34)17-25(30(33)36)32(18-23-8-5-15-37-23)29(35)21-6-3-2-4-7-21/h9-14,16,21,23,25H,2-8,15,17-18H2,1H3. The van der Waals surface area contributed by atoms with Crippen molar-refractivity contribution in [2.75, 3.05) is 18.1 Å². The monoisotopic (exact) mass is 531 g/mol. The molecule has 2 aromatic carbocycles. The van der Waals surface area contributed by atoms with Gasteiger partial charge in [0.1, 0.15) is 11.0 Å². The van der Waals surface area contributed by atoms with Crippen LogP contribution in [0.1, 0.15) is 56.9 Å². The molecule has 3 aliphatic rings. The lowest BCUT2D eigenvalue weighted by Crippen LogP contribution is -2.50. The third-order valence-electron chi connectivity index (χ3n) is 8.08. The quantitative estimate of drug-likeness (QED) is 0.393. The molecule has 3 heterocycles. The Labute approximate surface area is 226 Å². The van der Waals surface area contributed by atoms with Crippen LogP contribution in [0.3, 0.4) is 0 Å². The molecule has 8 heteroatoms. The van der Waals surface area contributed by atoms with E-state index in [9.17, 15) is 14.4 Å². The number of aryl methyl sites for hydroxylation is 1. The normalized spacial score (nSPS) is 22.5. The van der Waals surface area contributed by atoms with Crippen LogP contribution in [0.15, 0.2) is 42.5 Å². The van der Waals surface area contributed by atoms with Crippen molar-refractivity contribution in [3.8, 4) is 10.6 Å². The van der Waals surface area contributed by atoms with E-state index in [2.05, 4.69) is 19.1 Å². The van der Waals surface area contributed by atoms with Gasteiger partial charge in [0.05, 0.1) is 28.4 Å². The lowest BCUT2D eigenvalue weighted by Gasteiger charge is -2.34. The van der Waals surface area contributed by atoms with Gasteiger partial charge in [-0.25, -0.2) is 9.88 Å². The molecule has 198 valence electrons. The van der Waals surface area contributed by atoms with E-state index in [-0.39, 0.29) is 36.2 Å². The molecule has 1 aromatic heterocycles. The van der Waals surface area contributed by atoms with Crippen molar-refractivity contribution in [2.45, 2.75) is 70.4 Å². The molecule has 6 rings (SSSR count). The lowest BCUT2D eigenvalue weighted by atomic mass is 9.87. The number of benzene rings is 2. The van der Waals surface area contributed by atoms with Gasteiger partial charge >= 0.3 is 0 Å². The number of nitrogens with zero attached hydrogens (tertiary/aromatic N) is 3. The maximum Gasteiger partial charge on any atom is 0.257 e. The number of aromatic nitrogens is 1. The predicted molar refractivity (Wildman–Crippen MR) is 148 cm³/mol. The average Bonchev–Trinajstić information content (AvgIpc) is 3.66. The van der Waals surface area contributed by atoms with Crippen LogP contribution in [0.25, 0.3) is 20.8 Å². The summed E-state index contributed by atoms with van der Waals surface area (Å²) in [4.78, 5) is 48.2. The summed E-state index contributed by atoms with van der Waals surface area (Å²) >= 11 is 1.63. The summed E-state index contributed by atoms with van der Waals surface area (Å²) in [5.74, 6) is -0.647. The smallest absolute Gasteiger partial charge is 0.257 e. The van der Waals surface area contributed by atoms with Crippen molar-refractivity contribution in [1.82, 2.24) is 9.88 Å². The molecule has 2 aliphatic heterocycles. The first-order valence-electron chi connectivity index (χ1n) is 13.7. The summed E-state index contributed by atoms with van der Waals surface area (Å²) in [5.41, 5.74) is 3.63. The number of carbonyl (C=O) groups excluding carboxylic acids is 3. The zero-order valence-electron chi connectivity index (χ0n) is 21.7. The minimum atomic E-state index is -0.770. The van der Waals surface area contributed by atoms with Gasteiger partial charge in [-0.1, -0.05) is 25.3 Å². The van der Waals surface area contributed by atoms with Crippen LogP contribution in [0.5, 0.6) is 0 Å². The van der Waals surface area contributed by atoms with Gasteiger partial charge in [-0.15, -0.1) is 11.3 Å². The topological polar surface area (TPSA) is 79.8 Å². The molecule has 2 unspecified atom stereocenters. The molecule has 0 bridgehead atoms. The predicted octanol–water partition coefficient (Wildman–Crippen LogP) is 5.49. The number of hydrogen-bond acceptors (Lipinski definition) is 6. The second kappa shape index (κ2) is 10.6. The molecule has 3 aromatic rings. The largest absolute Gasteiger partial charge is 0.376 e. The van der Waals surface area contributed by atoms with Crippen LogP contribution in [-0.2, 0) is 19.1 Å². The molecule has 0 N–H and O–H groups in total. The molecule has 3 amide bonds. The van der Waals surface area contributed by atoms with E-state index in [1.165, 1.54) is 10.5 Å². The van der Waals surface area contributed by atoms with Crippen LogP contribution in [0.4, 0.5) is 5.69 Å². The molecule has 7 nitrogen and oxygen atoms in total. The van der Waals surface area contributed by atoms with E-state index in [0.717, 1.165) is 65.7 Å². The number of amides is 3. The Kier molecular flexibility index (Phi) is 7.01.